The van der Waals surface area contributed by atoms with Gasteiger partial charge in [0.05, 0.1) is 0 Å². The first-order valence-electron chi connectivity index (χ1n) is 6.22. The molecule has 15 heavy (non-hydrogen) atoms. The fraction of sp³-hybridized carbons (Fsp3) is 0.533. The Morgan fingerprint density at radius 1 is 0.933 bits per heavy atom. The Hall–Kier alpha value is -0.780. The van der Waals surface area contributed by atoms with Gasteiger partial charge >= 0.3 is 0 Å². The first kappa shape index (κ1) is 12.3. The molecule has 1 aromatic rings. The predicted octanol–water partition coefficient (Wildman–Crippen LogP) is 4.36. The van der Waals surface area contributed by atoms with Crippen molar-refractivity contribution in [1.82, 2.24) is 0 Å². The van der Waals surface area contributed by atoms with Crippen molar-refractivity contribution < 1.29 is 0 Å². The molecule has 0 heterocycles. The minimum Gasteiger partial charge on any atom is -0.0651 e. The Balaban J connectivity index is 2.97. The molecule has 0 unspecified atom stereocenters. The summed E-state index contributed by atoms with van der Waals surface area (Å²) in [6.07, 6.45) is 7.06. The second kappa shape index (κ2) is 6.66. The molecule has 0 aliphatic carbocycles. The van der Waals surface area contributed by atoms with Crippen LogP contribution in [0.2, 0.25) is 0 Å². The zero-order chi connectivity index (χ0) is 11.1. The molecule has 0 N–H and O–H groups in total. The lowest BCUT2D eigenvalue weighted by molar-refractivity contribution is 0.843. The van der Waals surface area contributed by atoms with Gasteiger partial charge in [0.2, 0.25) is 0 Å². The molecule has 1 aromatic carbocycles. The van der Waals surface area contributed by atoms with Gasteiger partial charge in [-0.25, -0.2) is 0 Å². The Morgan fingerprint density at radius 2 is 1.47 bits per heavy atom. The van der Waals surface area contributed by atoms with Crippen LogP contribution in [0.3, 0.4) is 0 Å². The van der Waals surface area contributed by atoms with E-state index in [4.69, 9.17) is 0 Å². The zero-order valence-corrected chi connectivity index (χ0v) is 10.2. The highest BCUT2D eigenvalue weighted by Gasteiger charge is 2.05. The molecule has 1 rings (SSSR count). The monoisotopic (exact) mass is 203 g/mol. The van der Waals surface area contributed by atoms with E-state index in [-0.39, 0.29) is 0 Å². The molecule has 0 saturated carbocycles. The van der Waals surface area contributed by atoms with Gasteiger partial charge in [0.15, 0.2) is 0 Å². The van der Waals surface area contributed by atoms with E-state index in [0.717, 1.165) is 12.8 Å². The van der Waals surface area contributed by atoms with Crippen molar-refractivity contribution in [3.8, 4) is 0 Å². The van der Waals surface area contributed by atoms with Crippen molar-refractivity contribution in [3.05, 3.63) is 41.8 Å². The van der Waals surface area contributed by atoms with Crippen molar-refractivity contribution in [2.75, 3.05) is 0 Å². The van der Waals surface area contributed by atoms with E-state index in [2.05, 4.69) is 39.0 Å². The van der Waals surface area contributed by atoms with Gasteiger partial charge in [-0.3, -0.25) is 0 Å². The molecule has 0 nitrogen and oxygen atoms in total. The lowest BCUT2D eigenvalue weighted by Gasteiger charge is -2.13. The topological polar surface area (TPSA) is 0 Å². The average Bonchev–Trinajstić information content (AvgIpc) is 2.23. The van der Waals surface area contributed by atoms with Gasteiger partial charge in [-0.1, -0.05) is 51.8 Å². The summed E-state index contributed by atoms with van der Waals surface area (Å²) in [6, 6.07) is 6.78. The molecule has 83 valence electrons. The van der Waals surface area contributed by atoms with E-state index in [1.807, 2.05) is 0 Å². The molecule has 0 amide bonds. The number of hydrogen-bond acceptors (Lipinski definition) is 0. The number of hydrogen-bond donors (Lipinski definition) is 0. The van der Waals surface area contributed by atoms with Crippen LogP contribution in [0.25, 0.3) is 0 Å². The first-order valence-corrected chi connectivity index (χ1v) is 6.22. The molecule has 0 aliphatic rings. The number of benzene rings is 1. The van der Waals surface area contributed by atoms with Gasteiger partial charge in [-0.2, -0.15) is 0 Å². The van der Waals surface area contributed by atoms with Crippen LogP contribution in [-0.4, -0.2) is 0 Å². The minimum absolute atomic E-state index is 1.01. The molecule has 0 heteroatoms. The Morgan fingerprint density at radius 3 is 1.87 bits per heavy atom. The summed E-state index contributed by atoms with van der Waals surface area (Å²) >= 11 is 0. The van der Waals surface area contributed by atoms with Crippen molar-refractivity contribution in [1.29, 1.82) is 0 Å². The lowest BCUT2D eigenvalue weighted by Crippen LogP contribution is -2.00. The average molecular weight is 203 g/mol. The Labute approximate surface area is 94.7 Å². The van der Waals surface area contributed by atoms with Crippen LogP contribution in [0, 0.1) is 6.92 Å². The largest absolute Gasteiger partial charge is 0.0651 e. The highest BCUT2D eigenvalue weighted by Crippen LogP contribution is 2.19. The summed E-state index contributed by atoms with van der Waals surface area (Å²) in [4.78, 5) is 0. The van der Waals surface area contributed by atoms with E-state index in [1.165, 1.54) is 25.7 Å². The summed E-state index contributed by atoms with van der Waals surface area (Å²) in [6.45, 7) is 8.48. The third kappa shape index (κ3) is 3.37. The maximum Gasteiger partial charge on any atom is -0.0273 e. The van der Waals surface area contributed by atoms with Crippen LogP contribution in [0.4, 0.5) is 0 Å². The third-order valence-electron chi connectivity index (χ3n) is 2.84. The maximum absolute atomic E-state index is 3.98. The van der Waals surface area contributed by atoms with Crippen LogP contribution in [0.5, 0.6) is 0 Å². The summed E-state index contributed by atoms with van der Waals surface area (Å²) in [5, 5.41) is 0. The molecule has 0 fully saturated rings. The predicted molar refractivity (Wildman–Crippen MR) is 68.1 cm³/mol. The van der Waals surface area contributed by atoms with Crippen molar-refractivity contribution in [3.63, 3.8) is 0 Å². The zero-order valence-electron chi connectivity index (χ0n) is 10.2. The first-order chi connectivity index (χ1) is 7.33. The van der Waals surface area contributed by atoms with Crippen molar-refractivity contribution in [2.45, 2.75) is 52.4 Å². The minimum atomic E-state index is 1.01. The number of rotatable bonds is 6. The lowest BCUT2D eigenvalue weighted by atomic mass is 9.92. The van der Waals surface area contributed by atoms with Crippen molar-refractivity contribution in [2.24, 2.45) is 0 Å². The van der Waals surface area contributed by atoms with Gasteiger partial charge < -0.3 is 0 Å². The Bertz CT molecular complexity index is 262. The quantitative estimate of drug-likeness (QED) is 0.644. The number of aryl methyl sites for hydroxylation is 2. The molecule has 1 radical (unpaired) electrons. The smallest absolute Gasteiger partial charge is 0.0273 e. The second-order valence-corrected chi connectivity index (χ2v) is 4.16. The molecular formula is C15H23. The molecule has 0 spiro atoms. The molecule has 0 bridgehead atoms. The van der Waals surface area contributed by atoms with E-state index >= 15 is 0 Å². The van der Waals surface area contributed by atoms with E-state index < -0.39 is 0 Å². The van der Waals surface area contributed by atoms with Gasteiger partial charge in [0, 0.05) is 0 Å². The van der Waals surface area contributed by atoms with Crippen LogP contribution in [-0.2, 0) is 19.3 Å². The fourth-order valence-corrected chi connectivity index (χ4v) is 2.19. The van der Waals surface area contributed by atoms with E-state index in [0.29, 0.717) is 0 Å². The van der Waals surface area contributed by atoms with Gasteiger partial charge in [-0.15, -0.1) is 0 Å². The molecule has 0 aliphatic heterocycles. The van der Waals surface area contributed by atoms with Crippen LogP contribution >= 0.6 is 0 Å². The summed E-state index contributed by atoms with van der Waals surface area (Å²) in [5.41, 5.74) is 4.68. The van der Waals surface area contributed by atoms with Crippen LogP contribution in [0.1, 0.15) is 49.8 Å². The van der Waals surface area contributed by atoms with Gasteiger partial charge in [0.25, 0.3) is 0 Å². The summed E-state index contributed by atoms with van der Waals surface area (Å²) < 4.78 is 0. The second-order valence-electron chi connectivity index (χ2n) is 4.16. The van der Waals surface area contributed by atoms with Crippen molar-refractivity contribution >= 4 is 0 Å². The summed E-state index contributed by atoms with van der Waals surface area (Å²) in [5.74, 6) is 0. The standard InChI is InChI=1S/C15H23/c1-4-8-13-11-7-12-14(9-5-2)15(13)10-6-3/h7,11-12H,3-6,8-10H2,1-2H3. The third-order valence-corrected chi connectivity index (χ3v) is 2.84. The van der Waals surface area contributed by atoms with Crippen LogP contribution in [0.15, 0.2) is 18.2 Å². The molecule has 0 aromatic heterocycles. The van der Waals surface area contributed by atoms with E-state index in [9.17, 15) is 0 Å². The highest BCUT2D eigenvalue weighted by molar-refractivity contribution is 5.36. The highest BCUT2D eigenvalue weighted by atomic mass is 14.1. The van der Waals surface area contributed by atoms with Gasteiger partial charge in [-0.05, 0) is 42.4 Å². The normalized spacial score (nSPS) is 10.6. The fourth-order valence-electron chi connectivity index (χ4n) is 2.19. The van der Waals surface area contributed by atoms with E-state index in [1.54, 1.807) is 16.7 Å². The molecule has 0 atom stereocenters. The van der Waals surface area contributed by atoms with Crippen LogP contribution < -0.4 is 0 Å². The van der Waals surface area contributed by atoms with Gasteiger partial charge in [0.1, 0.15) is 0 Å². The molecule has 0 saturated heterocycles. The summed E-state index contributed by atoms with van der Waals surface area (Å²) in [7, 11) is 0. The Kier molecular flexibility index (Phi) is 5.45. The molecular weight excluding hydrogens is 180 g/mol. The SMILES string of the molecule is [CH2]CCc1c(CCC)cccc1CCC. The maximum atomic E-state index is 3.98.